The first kappa shape index (κ1) is 18.5. The van der Waals surface area contributed by atoms with Gasteiger partial charge in [-0.15, -0.1) is 0 Å². The summed E-state index contributed by atoms with van der Waals surface area (Å²) in [5.41, 5.74) is 0.771. The average molecular weight is 338 g/mol. The fraction of sp³-hybridized carbons (Fsp3) is 0.611. The first-order valence-corrected chi connectivity index (χ1v) is 8.45. The van der Waals surface area contributed by atoms with E-state index in [1.54, 1.807) is 24.1 Å². The second-order valence-electron chi connectivity index (χ2n) is 6.56. The molecule has 0 aliphatic heterocycles. The quantitative estimate of drug-likeness (QED) is 0.867. The molecule has 0 spiro atoms. The molecule has 1 fully saturated rings. The van der Waals surface area contributed by atoms with Gasteiger partial charge in [-0.3, -0.25) is 0 Å². The number of rotatable bonds is 5. The summed E-state index contributed by atoms with van der Waals surface area (Å²) in [6.07, 6.45) is 3.59. The van der Waals surface area contributed by atoms with Crippen LogP contribution in [0.25, 0.3) is 0 Å². The Morgan fingerprint density at radius 3 is 2.83 bits per heavy atom. The number of benzene rings is 1. The number of aliphatic hydroxyl groups is 1. The van der Waals surface area contributed by atoms with E-state index < -0.39 is 5.82 Å². The fourth-order valence-corrected chi connectivity index (χ4v) is 3.16. The highest BCUT2D eigenvalue weighted by molar-refractivity contribution is 5.74. The van der Waals surface area contributed by atoms with Crippen LogP contribution in [0.4, 0.5) is 9.18 Å². The Morgan fingerprint density at radius 1 is 1.46 bits per heavy atom. The minimum absolute atomic E-state index is 0.135. The monoisotopic (exact) mass is 338 g/mol. The van der Waals surface area contributed by atoms with Crippen LogP contribution in [0.2, 0.25) is 0 Å². The first-order valence-electron chi connectivity index (χ1n) is 8.45. The van der Waals surface area contributed by atoms with Crippen molar-refractivity contribution in [2.75, 3.05) is 20.7 Å². The zero-order valence-corrected chi connectivity index (χ0v) is 14.6. The molecule has 2 amide bonds. The van der Waals surface area contributed by atoms with Gasteiger partial charge in [-0.1, -0.05) is 18.9 Å². The van der Waals surface area contributed by atoms with Crippen molar-refractivity contribution in [3.63, 3.8) is 0 Å². The van der Waals surface area contributed by atoms with Gasteiger partial charge >= 0.3 is 6.03 Å². The number of ether oxygens (including phenoxy) is 1. The zero-order chi connectivity index (χ0) is 17.7. The Morgan fingerprint density at radius 2 is 2.17 bits per heavy atom. The summed E-state index contributed by atoms with van der Waals surface area (Å²) in [5, 5.41) is 12.9. The van der Waals surface area contributed by atoms with E-state index in [1.165, 1.54) is 13.2 Å². The molecule has 1 aliphatic rings. The van der Waals surface area contributed by atoms with E-state index in [9.17, 15) is 14.3 Å². The molecule has 0 radical (unpaired) electrons. The Hall–Kier alpha value is -1.82. The van der Waals surface area contributed by atoms with Crippen molar-refractivity contribution >= 4 is 6.03 Å². The smallest absolute Gasteiger partial charge is 0.317 e. The van der Waals surface area contributed by atoms with Gasteiger partial charge < -0.3 is 20.1 Å². The second kappa shape index (κ2) is 8.33. The van der Waals surface area contributed by atoms with Crippen LogP contribution in [0.3, 0.4) is 0 Å². The van der Waals surface area contributed by atoms with Crippen LogP contribution in [0.1, 0.15) is 44.2 Å². The van der Waals surface area contributed by atoms with Crippen molar-refractivity contribution in [3.05, 3.63) is 29.6 Å². The minimum Gasteiger partial charge on any atom is -0.494 e. The number of amides is 2. The molecule has 1 aromatic rings. The lowest BCUT2D eigenvalue weighted by molar-refractivity contribution is 0.0563. The van der Waals surface area contributed by atoms with Gasteiger partial charge in [-0.25, -0.2) is 9.18 Å². The van der Waals surface area contributed by atoms with Gasteiger partial charge in [-0.05, 0) is 37.5 Å². The molecular weight excluding hydrogens is 311 g/mol. The molecule has 1 aliphatic carbocycles. The molecule has 24 heavy (non-hydrogen) atoms. The lowest BCUT2D eigenvalue weighted by Gasteiger charge is -2.31. The molecule has 0 bridgehead atoms. The third kappa shape index (κ3) is 4.60. The van der Waals surface area contributed by atoms with Gasteiger partial charge in [0.25, 0.3) is 0 Å². The molecule has 2 N–H and O–H groups in total. The Bertz CT molecular complexity index is 567. The van der Waals surface area contributed by atoms with E-state index in [4.69, 9.17) is 4.74 Å². The van der Waals surface area contributed by atoms with E-state index in [1.807, 2.05) is 6.92 Å². The highest BCUT2D eigenvalue weighted by Gasteiger charge is 2.26. The Labute approximate surface area is 142 Å². The molecule has 0 heterocycles. The SMILES string of the molecule is COc1cc([C@H](C)NC(=O)N(C)C[C@@H]2CCCC[C@@H]2O)ccc1F. The Balaban J connectivity index is 1.92. The van der Waals surface area contributed by atoms with Crippen molar-refractivity contribution in [2.45, 2.75) is 44.8 Å². The van der Waals surface area contributed by atoms with E-state index in [-0.39, 0.29) is 29.8 Å². The standard InChI is InChI=1S/C18H27FN2O3/c1-12(13-8-9-15(19)17(10-13)24-3)20-18(23)21(2)11-14-6-4-5-7-16(14)22/h8-10,12,14,16,22H,4-7,11H2,1-3H3,(H,20,23)/t12-,14-,16-/m0/s1. The normalized spacial score (nSPS) is 21.9. The van der Waals surface area contributed by atoms with Crippen LogP contribution in [0.15, 0.2) is 18.2 Å². The van der Waals surface area contributed by atoms with E-state index in [2.05, 4.69) is 5.32 Å². The number of urea groups is 1. The van der Waals surface area contributed by atoms with Crippen LogP contribution in [-0.4, -0.2) is 42.8 Å². The van der Waals surface area contributed by atoms with Gasteiger partial charge in [0.05, 0.1) is 19.3 Å². The van der Waals surface area contributed by atoms with E-state index >= 15 is 0 Å². The van der Waals surface area contributed by atoms with Gasteiger partial charge in [-0.2, -0.15) is 0 Å². The van der Waals surface area contributed by atoms with Gasteiger partial charge in [0.15, 0.2) is 11.6 Å². The van der Waals surface area contributed by atoms with Crippen molar-refractivity contribution in [2.24, 2.45) is 5.92 Å². The van der Waals surface area contributed by atoms with Crippen molar-refractivity contribution in [1.29, 1.82) is 0 Å². The maximum atomic E-state index is 13.5. The highest BCUT2D eigenvalue weighted by atomic mass is 19.1. The third-order valence-corrected chi connectivity index (χ3v) is 4.74. The highest BCUT2D eigenvalue weighted by Crippen LogP contribution is 2.25. The van der Waals surface area contributed by atoms with Gasteiger partial charge in [0.2, 0.25) is 0 Å². The molecule has 5 nitrogen and oxygen atoms in total. The molecule has 0 saturated heterocycles. The van der Waals surface area contributed by atoms with Crippen LogP contribution < -0.4 is 10.1 Å². The van der Waals surface area contributed by atoms with Crippen LogP contribution >= 0.6 is 0 Å². The number of aliphatic hydroxyl groups excluding tert-OH is 1. The summed E-state index contributed by atoms with van der Waals surface area (Å²) in [6, 6.07) is 4.08. The molecule has 134 valence electrons. The summed E-state index contributed by atoms with van der Waals surface area (Å²) in [7, 11) is 3.14. The van der Waals surface area contributed by atoms with Gasteiger partial charge in [0.1, 0.15) is 0 Å². The lowest BCUT2D eigenvalue weighted by Crippen LogP contribution is -2.43. The summed E-state index contributed by atoms with van der Waals surface area (Å²) in [6.45, 7) is 2.38. The van der Waals surface area contributed by atoms with Gasteiger partial charge in [0, 0.05) is 19.5 Å². The van der Waals surface area contributed by atoms with Crippen LogP contribution in [-0.2, 0) is 0 Å². The van der Waals surface area contributed by atoms with Crippen molar-refractivity contribution in [1.82, 2.24) is 10.2 Å². The number of nitrogens with one attached hydrogen (secondary N) is 1. The molecule has 2 rings (SSSR count). The molecule has 1 saturated carbocycles. The maximum absolute atomic E-state index is 13.5. The molecule has 3 atom stereocenters. The number of hydrogen-bond acceptors (Lipinski definition) is 3. The van der Waals surface area contributed by atoms with E-state index in [0.717, 1.165) is 31.2 Å². The lowest BCUT2D eigenvalue weighted by atomic mass is 9.86. The molecule has 0 aromatic heterocycles. The largest absolute Gasteiger partial charge is 0.494 e. The summed E-state index contributed by atoms with van der Waals surface area (Å²) in [5.74, 6) is -0.133. The van der Waals surface area contributed by atoms with Crippen LogP contribution in [0, 0.1) is 11.7 Å². The number of halogens is 1. The number of carbonyl (C=O) groups is 1. The summed E-state index contributed by atoms with van der Waals surface area (Å²) in [4.78, 5) is 14.0. The number of carbonyl (C=O) groups excluding carboxylic acids is 1. The molecular formula is C18H27FN2O3. The molecule has 1 aromatic carbocycles. The third-order valence-electron chi connectivity index (χ3n) is 4.74. The molecule has 0 unspecified atom stereocenters. The first-order chi connectivity index (χ1) is 11.4. The summed E-state index contributed by atoms with van der Waals surface area (Å²) >= 11 is 0. The Kier molecular flexibility index (Phi) is 6.43. The number of hydrogen-bond donors (Lipinski definition) is 2. The second-order valence-corrected chi connectivity index (χ2v) is 6.56. The predicted octanol–water partition coefficient (Wildman–Crippen LogP) is 3.09. The average Bonchev–Trinajstić information content (AvgIpc) is 2.57. The number of methoxy groups -OCH3 is 1. The fourth-order valence-electron chi connectivity index (χ4n) is 3.16. The summed E-state index contributed by atoms with van der Waals surface area (Å²) < 4.78 is 18.5. The zero-order valence-electron chi connectivity index (χ0n) is 14.6. The predicted molar refractivity (Wildman–Crippen MR) is 90.5 cm³/mol. The maximum Gasteiger partial charge on any atom is 0.317 e. The van der Waals surface area contributed by atoms with E-state index in [0.29, 0.717) is 6.54 Å². The molecule has 6 heteroatoms. The van der Waals surface area contributed by atoms with Crippen LogP contribution in [0.5, 0.6) is 5.75 Å². The topological polar surface area (TPSA) is 61.8 Å². The van der Waals surface area contributed by atoms with Crippen molar-refractivity contribution < 1.29 is 19.0 Å². The number of nitrogens with zero attached hydrogens (tertiary/aromatic N) is 1. The van der Waals surface area contributed by atoms with Crippen molar-refractivity contribution in [3.8, 4) is 5.75 Å². The minimum atomic E-state index is -0.428.